The minimum Gasteiger partial charge on any atom is -0.465 e. The predicted molar refractivity (Wildman–Crippen MR) is 81.2 cm³/mol. The second kappa shape index (κ2) is 6.51. The molecule has 118 valence electrons. The van der Waals surface area contributed by atoms with Crippen LogP contribution in [0.5, 0.6) is 0 Å². The van der Waals surface area contributed by atoms with Gasteiger partial charge in [0, 0.05) is 33.4 Å². The third kappa shape index (κ3) is 3.33. The number of methoxy groups -OCH3 is 1. The molecule has 0 aliphatic carbocycles. The molecule has 21 heavy (non-hydrogen) atoms. The maximum Gasteiger partial charge on any atom is 0.118 e. The van der Waals surface area contributed by atoms with E-state index in [0.717, 1.165) is 63.6 Å². The van der Waals surface area contributed by atoms with Crippen molar-refractivity contribution in [2.75, 3.05) is 33.4 Å². The van der Waals surface area contributed by atoms with Gasteiger partial charge in [-0.15, -0.1) is 0 Å². The van der Waals surface area contributed by atoms with Crippen molar-refractivity contribution >= 4 is 0 Å². The van der Waals surface area contributed by atoms with E-state index in [1.54, 1.807) is 7.11 Å². The number of ether oxygens (including phenoxy) is 2. The van der Waals surface area contributed by atoms with E-state index in [0.29, 0.717) is 5.92 Å². The van der Waals surface area contributed by atoms with Crippen LogP contribution < -0.4 is 0 Å². The Balaban J connectivity index is 1.54. The van der Waals surface area contributed by atoms with Crippen LogP contribution in [-0.2, 0) is 16.0 Å². The van der Waals surface area contributed by atoms with Crippen LogP contribution in [0.3, 0.4) is 0 Å². The number of hydrogen-bond donors (Lipinski definition) is 0. The molecule has 4 heteroatoms. The molecule has 2 aliphatic rings. The Kier molecular flexibility index (Phi) is 4.67. The molecule has 3 heterocycles. The summed E-state index contributed by atoms with van der Waals surface area (Å²) in [5.74, 6) is 2.74. The van der Waals surface area contributed by atoms with Gasteiger partial charge in [-0.05, 0) is 50.7 Å². The number of nitrogens with zero attached hydrogens (tertiary/aromatic N) is 1. The zero-order valence-corrected chi connectivity index (χ0v) is 13.3. The first-order chi connectivity index (χ1) is 10.2. The lowest BCUT2D eigenvalue weighted by molar-refractivity contribution is -0.0727. The molecule has 1 aromatic heterocycles. The van der Waals surface area contributed by atoms with Crippen LogP contribution in [0, 0.1) is 12.8 Å². The van der Waals surface area contributed by atoms with Crippen molar-refractivity contribution < 1.29 is 13.9 Å². The van der Waals surface area contributed by atoms with Crippen LogP contribution in [0.25, 0.3) is 0 Å². The number of likely N-dealkylation sites (tertiary alicyclic amines) is 1. The normalized spacial score (nSPS) is 25.7. The largest absolute Gasteiger partial charge is 0.465 e. The number of piperidine rings is 1. The SMILES string of the molecule is COCCC1CCOC12CCN(Cc1ccc(C)o1)CC2. The van der Waals surface area contributed by atoms with Crippen LogP contribution in [0.2, 0.25) is 0 Å². The molecule has 1 aromatic rings. The highest BCUT2D eigenvalue weighted by atomic mass is 16.5. The smallest absolute Gasteiger partial charge is 0.118 e. The van der Waals surface area contributed by atoms with Gasteiger partial charge in [0.25, 0.3) is 0 Å². The third-order valence-corrected chi connectivity index (χ3v) is 5.15. The van der Waals surface area contributed by atoms with Crippen molar-refractivity contribution in [1.29, 1.82) is 0 Å². The van der Waals surface area contributed by atoms with Crippen molar-refractivity contribution in [2.24, 2.45) is 5.92 Å². The van der Waals surface area contributed by atoms with Gasteiger partial charge in [-0.2, -0.15) is 0 Å². The molecule has 2 aliphatic heterocycles. The van der Waals surface area contributed by atoms with Crippen molar-refractivity contribution in [3.05, 3.63) is 23.7 Å². The van der Waals surface area contributed by atoms with Crippen molar-refractivity contribution in [3.8, 4) is 0 Å². The summed E-state index contributed by atoms with van der Waals surface area (Å²) in [5, 5.41) is 0. The fraction of sp³-hybridized carbons (Fsp3) is 0.765. The monoisotopic (exact) mass is 293 g/mol. The minimum atomic E-state index is 0.119. The van der Waals surface area contributed by atoms with E-state index in [1.807, 2.05) is 13.0 Å². The minimum absolute atomic E-state index is 0.119. The highest BCUT2D eigenvalue weighted by Gasteiger charge is 2.45. The van der Waals surface area contributed by atoms with Crippen molar-refractivity contribution in [1.82, 2.24) is 4.90 Å². The van der Waals surface area contributed by atoms with Gasteiger partial charge < -0.3 is 13.9 Å². The van der Waals surface area contributed by atoms with E-state index in [4.69, 9.17) is 13.9 Å². The van der Waals surface area contributed by atoms with Crippen molar-refractivity contribution in [3.63, 3.8) is 0 Å². The zero-order valence-electron chi connectivity index (χ0n) is 13.3. The van der Waals surface area contributed by atoms with E-state index >= 15 is 0 Å². The molecule has 0 saturated carbocycles. The van der Waals surface area contributed by atoms with Crippen molar-refractivity contribution in [2.45, 2.75) is 44.8 Å². The molecule has 2 fully saturated rings. The Hall–Kier alpha value is -0.840. The van der Waals surface area contributed by atoms with Crippen LogP contribution in [0.15, 0.2) is 16.5 Å². The van der Waals surface area contributed by atoms with Gasteiger partial charge in [0.2, 0.25) is 0 Å². The molecule has 0 bridgehead atoms. The lowest BCUT2D eigenvalue weighted by Crippen LogP contribution is -2.47. The highest BCUT2D eigenvalue weighted by molar-refractivity contribution is 5.06. The number of furan rings is 1. The summed E-state index contributed by atoms with van der Waals surface area (Å²) in [6, 6.07) is 4.13. The summed E-state index contributed by atoms with van der Waals surface area (Å²) in [4.78, 5) is 2.48. The summed E-state index contributed by atoms with van der Waals surface area (Å²) in [7, 11) is 1.79. The molecule has 0 amide bonds. The van der Waals surface area contributed by atoms with Gasteiger partial charge in [0.05, 0.1) is 12.1 Å². The highest BCUT2D eigenvalue weighted by Crippen LogP contribution is 2.42. The van der Waals surface area contributed by atoms with Gasteiger partial charge in [0.1, 0.15) is 11.5 Å². The van der Waals surface area contributed by atoms with Crippen LogP contribution in [0.4, 0.5) is 0 Å². The molecule has 0 aromatic carbocycles. The predicted octanol–water partition coefficient (Wildman–Crippen LogP) is 3.00. The maximum absolute atomic E-state index is 6.19. The molecular formula is C17H27NO3. The molecule has 0 N–H and O–H groups in total. The lowest BCUT2D eigenvalue weighted by Gasteiger charge is -2.42. The fourth-order valence-electron chi connectivity index (χ4n) is 3.89. The van der Waals surface area contributed by atoms with Gasteiger partial charge >= 0.3 is 0 Å². The maximum atomic E-state index is 6.19. The van der Waals surface area contributed by atoms with E-state index in [-0.39, 0.29) is 5.60 Å². The molecule has 0 radical (unpaired) electrons. The Labute approximate surface area is 127 Å². The molecule has 1 spiro atoms. The molecular weight excluding hydrogens is 266 g/mol. The fourth-order valence-corrected chi connectivity index (χ4v) is 3.89. The number of rotatable bonds is 5. The van der Waals surface area contributed by atoms with Crippen LogP contribution in [-0.4, -0.2) is 43.9 Å². The van der Waals surface area contributed by atoms with Gasteiger partial charge in [-0.25, -0.2) is 0 Å². The van der Waals surface area contributed by atoms with E-state index < -0.39 is 0 Å². The summed E-state index contributed by atoms with van der Waals surface area (Å²) >= 11 is 0. The second-order valence-electron chi connectivity index (χ2n) is 6.47. The Bertz CT molecular complexity index is 449. The second-order valence-corrected chi connectivity index (χ2v) is 6.47. The average Bonchev–Trinajstić information content (AvgIpc) is 3.06. The molecule has 1 atom stereocenters. The Morgan fingerprint density at radius 1 is 1.33 bits per heavy atom. The lowest BCUT2D eigenvalue weighted by atomic mass is 9.78. The quantitative estimate of drug-likeness (QED) is 0.836. The third-order valence-electron chi connectivity index (χ3n) is 5.15. The first kappa shape index (κ1) is 15.1. The van der Waals surface area contributed by atoms with Gasteiger partial charge in [-0.1, -0.05) is 0 Å². The molecule has 2 saturated heterocycles. The van der Waals surface area contributed by atoms with Gasteiger partial charge in [-0.3, -0.25) is 4.90 Å². The van der Waals surface area contributed by atoms with Crippen LogP contribution in [0.1, 0.15) is 37.2 Å². The summed E-state index contributed by atoms with van der Waals surface area (Å²) < 4.78 is 17.1. The summed E-state index contributed by atoms with van der Waals surface area (Å²) in [6.07, 6.45) is 4.61. The van der Waals surface area contributed by atoms with Crippen LogP contribution >= 0.6 is 0 Å². The van der Waals surface area contributed by atoms with E-state index in [1.165, 1.54) is 6.42 Å². The Morgan fingerprint density at radius 2 is 2.14 bits per heavy atom. The molecule has 4 nitrogen and oxygen atoms in total. The first-order valence-electron chi connectivity index (χ1n) is 8.12. The molecule has 3 rings (SSSR count). The standard InChI is InChI=1S/C17H27NO3/c1-14-3-4-16(21-14)13-18-9-7-17(8-10-18)15(5-11-19-2)6-12-20-17/h3-4,15H,5-13H2,1-2H3. The van der Waals surface area contributed by atoms with Gasteiger partial charge in [0.15, 0.2) is 0 Å². The van der Waals surface area contributed by atoms with E-state index in [2.05, 4.69) is 11.0 Å². The topological polar surface area (TPSA) is 34.8 Å². The Morgan fingerprint density at radius 3 is 2.81 bits per heavy atom. The van der Waals surface area contributed by atoms with E-state index in [9.17, 15) is 0 Å². The first-order valence-corrected chi connectivity index (χ1v) is 8.12. The average molecular weight is 293 g/mol. The zero-order chi connectivity index (χ0) is 14.7. The number of hydrogen-bond acceptors (Lipinski definition) is 4. The number of aryl methyl sites for hydroxylation is 1. The summed E-state index contributed by atoms with van der Waals surface area (Å²) in [5.41, 5.74) is 0.119. The summed E-state index contributed by atoms with van der Waals surface area (Å²) in [6.45, 7) is 6.90. The molecule has 1 unspecified atom stereocenters.